The Morgan fingerprint density at radius 2 is 1.75 bits per heavy atom. The van der Waals surface area contributed by atoms with Crippen molar-refractivity contribution in [3.05, 3.63) is 43.0 Å². The molecule has 1 nitrogen and oxygen atoms in total. The fourth-order valence-corrected chi connectivity index (χ4v) is 0.672. The number of para-hydroxylation sites is 1. The SMILES string of the molecule is C=CCOc1ccccc1.[Na].[Na]. The maximum atomic E-state index is 5.24. The standard InChI is InChI=1S/C9H10O.2Na/c1-2-8-10-9-6-4-3-5-7-9;;/h2-7H,1,8H2;;. The first-order chi connectivity index (χ1) is 4.93. The Kier molecular flexibility index (Phi) is 12.5. The summed E-state index contributed by atoms with van der Waals surface area (Å²) in [5.41, 5.74) is 0. The molecule has 0 bridgehead atoms. The molecule has 2 radical (unpaired) electrons. The van der Waals surface area contributed by atoms with E-state index in [9.17, 15) is 0 Å². The largest absolute Gasteiger partial charge is 0.490 e. The van der Waals surface area contributed by atoms with Crippen LogP contribution in [0.2, 0.25) is 0 Å². The molecule has 0 unspecified atom stereocenters. The zero-order valence-electron chi connectivity index (χ0n) is 7.79. The van der Waals surface area contributed by atoms with E-state index in [2.05, 4.69) is 6.58 Å². The molecule has 12 heavy (non-hydrogen) atoms. The predicted octanol–water partition coefficient (Wildman–Crippen LogP) is 1.49. The molecule has 1 rings (SSSR count). The van der Waals surface area contributed by atoms with E-state index in [1.165, 1.54) is 0 Å². The van der Waals surface area contributed by atoms with E-state index >= 15 is 0 Å². The Balaban J connectivity index is 0. The van der Waals surface area contributed by atoms with Crippen molar-refractivity contribution in [2.45, 2.75) is 0 Å². The molecule has 0 N–H and O–H groups in total. The molecule has 0 aromatic heterocycles. The minimum Gasteiger partial charge on any atom is -0.490 e. The van der Waals surface area contributed by atoms with Crippen molar-refractivity contribution in [3.8, 4) is 5.75 Å². The fraction of sp³-hybridized carbons (Fsp3) is 0.111. The third-order valence-electron chi connectivity index (χ3n) is 1.11. The van der Waals surface area contributed by atoms with Gasteiger partial charge in [-0.3, -0.25) is 0 Å². The van der Waals surface area contributed by atoms with E-state index in [4.69, 9.17) is 4.74 Å². The minimum absolute atomic E-state index is 0. The number of ether oxygens (including phenoxy) is 1. The van der Waals surface area contributed by atoms with Crippen LogP contribution in [0.3, 0.4) is 0 Å². The van der Waals surface area contributed by atoms with Gasteiger partial charge < -0.3 is 4.74 Å². The Bertz CT molecular complexity index is 199. The summed E-state index contributed by atoms with van der Waals surface area (Å²) >= 11 is 0. The molecule has 0 saturated carbocycles. The van der Waals surface area contributed by atoms with Gasteiger partial charge in [-0.1, -0.05) is 30.9 Å². The summed E-state index contributed by atoms with van der Waals surface area (Å²) in [6.45, 7) is 4.12. The maximum Gasteiger partial charge on any atom is 0.119 e. The summed E-state index contributed by atoms with van der Waals surface area (Å²) < 4.78 is 5.24. The van der Waals surface area contributed by atoms with E-state index in [1.807, 2.05) is 30.3 Å². The monoisotopic (exact) mass is 180 g/mol. The van der Waals surface area contributed by atoms with Gasteiger partial charge in [0.15, 0.2) is 0 Å². The van der Waals surface area contributed by atoms with Gasteiger partial charge in [0.25, 0.3) is 0 Å². The van der Waals surface area contributed by atoms with E-state index < -0.39 is 0 Å². The molecular weight excluding hydrogens is 170 g/mol. The second kappa shape index (κ2) is 9.85. The summed E-state index contributed by atoms with van der Waals surface area (Å²) in [6, 6.07) is 9.69. The van der Waals surface area contributed by atoms with Crippen molar-refractivity contribution in [1.29, 1.82) is 0 Å². The Morgan fingerprint density at radius 3 is 2.25 bits per heavy atom. The molecular formula is C9H10Na2O. The van der Waals surface area contributed by atoms with E-state index in [-0.39, 0.29) is 59.1 Å². The van der Waals surface area contributed by atoms with Crippen molar-refractivity contribution < 1.29 is 4.74 Å². The van der Waals surface area contributed by atoms with Crippen LogP contribution in [0.1, 0.15) is 0 Å². The van der Waals surface area contributed by atoms with Gasteiger partial charge in [-0.05, 0) is 12.1 Å². The normalized spacial score (nSPS) is 7.33. The Hall–Kier alpha value is 0.760. The van der Waals surface area contributed by atoms with Crippen LogP contribution < -0.4 is 4.74 Å². The number of benzene rings is 1. The van der Waals surface area contributed by atoms with Crippen molar-refractivity contribution in [1.82, 2.24) is 0 Å². The molecule has 0 amide bonds. The summed E-state index contributed by atoms with van der Waals surface area (Å²) in [5.74, 6) is 0.891. The topological polar surface area (TPSA) is 9.23 Å². The van der Waals surface area contributed by atoms with Gasteiger partial charge in [0.2, 0.25) is 0 Å². The Labute approximate surface area is 118 Å². The molecule has 1 aromatic carbocycles. The van der Waals surface area contributed by atoms with Crippen LogP contribution in [0.15, 0.2) is 43.0 Å². The third-order valence-corrected chi connectivity index (χ3v) is 1.11. The zero-order chi connectivity index (χ0) is 7.23. The first-order valence-electron chi connectivity index (χ1n) is 3.22. The van der Waals surface area contributed by atoms with Crippen LogP contribution >= 0.6 is 0 Å². The van der Waals surface area contributed by atoms with Crippen LogP contribution in [-0.2, 0) is 0 Å². The maximum absolute atomic E-state index is 5.24. The zero-order valence-corrected chi connectivity index (χ0v) is 11.8. The summed E-state index contributed by atoms with van der Waals surface area (Å²) in [6.07, 6.45) is 1.73. The van der Waals surface area contributed by atoms with Crippen LogP contribution in [-0.4, -0.2) is 65.7 Å². The van der Waals surface area contributed by atoms with Crippen LogP contribution in [0, 0.1) is 0 Å². The van der Waals surface area contributed by atoms with E-state index in [0.29, 0.717) is 6.61 Å². The smallest absolute Gasteiger partial charge is 0.119 e. The minimum atomic E-state index is 0. The van der Waals surface area contributed by atoms with Crippen LogP contribution in [0.4, 0.5) is 0 Å². The molecule has 1 aromatic rings. The van der Waals surface area contributed by atoms with E-state index in [1.54, 1.807) is 6.08 Å². The van der Waals surface area contributed by atoms with Gasteiger partial charge in [0, 0.05) is 59.1 Å². The first-order valence-corrected chi connectivity index (χ1v) is 3.22. The average molecular weight is 180 g/mol. The second-order valence-corrected chi connectivity index (χ2v) is 1.91. The average Bonchev–Trinajstić information content (AvgIpc) is 2.03. The number of rotatable bonds is 3. The molecule has 0 heterocycles. The van der Waals surface area contributed by atoms with Gasteiger partial charge in [0.1, 0.15) is 12.4 Å². The van der Waals surface area contributed by atoms with Crippen molar-refractivity contribution >= 4 is 59.1 Å². The van der Waals surface area contributed by atoms with Crippen molar-refractivity contribution in [2.24, 2.45) is 0 Å². The number of hydrogen-bond donors (Lipinski definition) is 0. The van der Waals surface area contributed by atoms with Crippen LogP contribution in [0.25, 0.3) is 0 Å². The summed E-state index contributed by atoms with van der Waals surface area (Å²) in [5, 5.41) is 0. The van der Waals surface area contributed by atoms with Gasteiger partial charge in [-0.15, -0.1) is 0 Å². The van der Waals surface area contributed by atoms with Crippen molar-refractivity contribution in [3.63, 3.8) is 0 Å². The summed E-state index contributed by atoms with van der Waals surface area (Å²) in [4.78, 5) is 0. The molecule has 3 heteroatoms. The quantitative estimate of drug-likeness (QED) is 0.505. The third kappa shape index (κ3) is 6.30. The summed E-state index contributed by atoms with van der Waals surface area (Å²) in [7, 11) is 0. The van der Waals surface area contributed by atoms with Crippen LogP contribution in [0.5, 0.6) is 5.75 Å². The molecule has 54 valence electrons. The molecule has 0 fully saturated rings. The van der Waals surface area contributed by atoms with Gasteiger partial charge in [0.05, 0.1) is 0 Å². The molecule has 0 aliphatic rings. The number of hydrogen-bond acceptors (Lipinski definition) is 1. The van der Waals surface area contributed by atoms with Gasteiger partial charge >= 0.3 is 0 Å². The molecule has 0 saturated heterocycles. The van der Waals surface area contributed by atoms with Crippen molar-refractivity contribution in [2.75, 3.05) is 6.61 Å². The molecule has 0 spiro atoms. The fourth-order valence-electron chi connectivity index (χ4n) is 0.672. The second-order valence-electron chi connectivity index (χ2n) is 1.91. The Morgan fingerprint density at radius 1 is 1.17 bits per heavy atom. The van der Waals surface area contributed by atoms with Gasteiger partial charge in [-0.25, -0.2) is 0 Å². The molecule has 0 aliphatic carbocycles. The molecule has 0 atom stereocenters. The first kappa shape index (κ1) is 15.2. The predicted molar refractivity (Wildman–Crippen MR) is 53.6 cm³/mol. The molecule has 0 aliphatic heterocycles. The van der Waals surface area contributed by atoms with E-state index in [0.717, 1.165) is 5.75 Å². The van der Waals surface area contributed by atoms with Gasteiger partial charge in [-0.2, -0.15) is 0 Å².